The minimum atomic E-state index is -0.349. The van der Waals surface area contributed by atoms with Gasteiger partial charge in [-0.05, 0) is 37.6 Å². The van der Waals surface area contributed by atoms with E-state index >= 15 is 0 Å². The number of carbonyl (C=O) groups is 1. The Balaban J connectivity index is 1.79. The molecule has 0 aliphatic carbocycles. The summed E-state index contributed by atoms with van der Waals surface area (Å²) in [7, 11) is 0. The lowest BCUT2D eigenvalue weighted by atomic mass is 9.85. The van der Waals surface area contributed by atoms with Crippen molar-refractivity contribution in [2.45, 2.75) is 39.0 Å². The minimum Gasteiger partial charge on any atom is -0.493 e. The standard InChI is InChI=1S/C23H24FN3O2/c1-3-4-12-29-20-11-6-5-10-18(20)19-14-21(28)25-23-22(19)15(2)26-27(23)17-9-7-8-16(24)13-17/h5-11,13,19H,3-4,12,14H2,1-2H3,(H,25,28). The summed E-state index contributed by atoms with van der Waals surface area (Å²) >= 11 is 0. The van der Waals surface area contributed by atoms with E-state index in [2.05, 4.69) is 17.3 Å². The molecule has 0 saturated carbocycles. The molecular formula is C23H24FN3O2. The van der Waals surface area contributed by atoms with Crippen molar-refractivity contribution in [2.24, 2.45) is 0 Å². The molecule has 0 bridgehead atoms. The molecule has 1 N–H and O–H groups in total. The van der Waals surface area contributed by atoms with Crippen molar-refractivity contribution in [3.63, 3.8) is 0 Å². The van der Waals surface area contributed by atoms with Crippen molar-refractivity contribution in [1.82, 2.24) is 9.78 Å². The van der Waals surface area contributed by atoms with Gasteiger partial charge in [0.2, 0.25) is 5.91 Å². The van der Waals surface area contributed by atoms with Crippen LogP contribution in [0.5, 0.6) is 5.75 Å². The Kier molecular flexibility index (Phi) is 5.34. The van der Waals surface area contributed by atoms with E-state index in [1.807, 2.05) is 31.2 Å². The lowest BCUT2D eigenvalue weighted by molar-refractivity contribution is -0.116. The third kappa shape index (κ3) is 3.75. The lowest BCUT2D eigenvalue weighted by Crippen LogP contribution is -2.25. The summed E-state index contributed by atoms with van der Waals surface area (Å²) in [5, 5.41) is 7.55. The number of aromatic nitrogens is 2. The predicted molar refractivity (Wildman–Crippen MR) is 110 cm³/mol. The molecule has 2 heterocycles. The smallest absolute Gasteiger partial charge is 0.226 e. The summed E-state index contributed by atoms with van der Waals surface area (Å²) in [4.78, 5) is 12.6. The fraction of sp³-hybridized carbons (Fsp3) is 0.304. The first kappa shape index (κ1) is 19.2. The fourth-order valence-corrected chi connectivity index (χ4v) is 3.83. The van der Waals surface area contributed by atoms with Crippen LogP contribution in [0.2, 0.25) is 0 Å². The van der Waals surface area contributed by atoms with Crippen LogP contribution in [0.4, 0.5) is 10.2 Å². The summed E-state index contributed by atoms with van der Waals surface area (Å²) in [6.07, 6.45) is 2.34. The number of benzene rings is 2. The number of nitrogens with zero attached hydrogens (tertiary/aromatic N) is 2. The first-order chi connectivity index (χ1) is 14.1. The molecule has 1 aromatic heterocycles. The maximum atomic E-state index is 13.8. The molecule has 5 nitrogen and oxygen atoms in total. The maximum absolute atomic E-state index is 13.8. The van der Waals surface area contributed by atoms with E-state index in [0.29, 0.717) is 24.5 Å². The molecule has 150 valence electrons. The van der Waals surface area contributed by atoms with E-state index < -0.39 is 0 Å². The minimum absolute atomic E-state index is 0.0941. The van der Waals surface area contributed by atoms with Crippen LogP contribution in [0.15, 0.2) is 48.5 Å². The number of anilines is 1. The molecule has 1 aliphatic rings. The topological polar surface area (TPSA) is 56.1 Å². The van der Waals surface area contributed by atoms with Crippen LogP contribution >= 0.6 is 0 Å². The van der Waals surface area contributed by atoms with E-state index in [1.54, 1.807) is 16.8 Å². The number of para-hydroxylation sites is 1. The first-order valence-corrected chi connectivity index (χ1v) is 9.95. The van der Waals surface area contributed by atoms with Crippen LogP contribution < -0.4 is 10.1 Å². The van der Waals surface area contributed by atoms with Crippen LogP contribution in [0.1, 0.15) is 48.9 Å². The monoisotopic (exact) mass is 393 g/mol. The van der Waals surface area contributed by atoms with Crippen molar-refractivity contribution >= 4 is 11.7 Å². The van der Waals surface area contributed by atoms with Gasteiger partial charge in [-0.25, -0.2) is 9.07 Å². The number of hydrogen-bond acceptors (Lipinski definition) is 3. The van der Waals surface area contributed by atoms with Gasteiger partial charge in [-0.15, -0.1) is 0 Å². The molecule has 1 atom stereocenters. The molecule has 0 fully saturated rings. The molecule has 3 aromatic rings. The SMILES string of the molecule is CCCCOc1ccccc1C1CC(=O)Nc2c1c(C)nn2-c1cccc(F)c1. The molecule has 1 amide bonds. The number of carbonyl (C=O) groups excluding carboxylic acids is 1. The van der Waals surface area contributed by atoms with Crippen LogP contribution in [0, 0.1) is 12.7 Å². The Morgan fingerprint density at radius 3 is 2.86 bits per heavy atom. The number of unbranched alkanes of at least 4 members (excludes halogenated alkanes) is 1. The van der Waals surface area contributed by atoms with E-state index in [9.17, 15) is 9.18 Å². The van der Waals surface area contributed by atoms with Crippen molar-refractivity contribution in [3.8, 4) is 11.4 Å². The molecule has 0 radical (unpaired) electrons. The third-order valence-corrected chi connectivity index (χ3v) is 5.21. The second kappa shape index (κ2) is 8.07. The molecule has 1 aliphatic heterocycles. The Hall–Kier alpha value is -3.15. The Bertz CT molecular complexity index is 1040. The highest BCUT2D eigenvalue weighted by Crippen LogP contribution is 2.43. The highest BCUT2D eigenvalue weighted by Gasteiger charge is 2.34. The molecule has 1 unspecified atom stereocenters. The number of ether oxygens (including phenoxy) is 1. The zero-order valence-electron chi connectivity index (χ0n) is 16.6. The molecule has 0 spiro atoms. The number of aryl methyl sites for hydroxylation is 1. The third-order valence-electron chi connectivity index (χ3n) is 5.21. The van der Waals surface area contributed by atoms with Gasteiger partial charge < -0.3 is 10.1 Å². The fourth-order valence-electron chi connectivity index (χ4n) is 3.83. The van der Waals surface area contributed by atoms with Crippen LogP contribution in [0.3, 0.4) is 0 Å². The zero-order chi connectivity index (χ0) is 20.4. The number of fused-ring (bicyclic) bond motifs is 1. The van der Waals surface area contributed by atoms with E-state index in [1.165, 1.54) is 12.1 Å². The number of amides is 1. The summed E-state index contributed by atoms with van der Waals surface area (Å²) in [5.74, 6) is 0.780. The Labute approximate surface area is 169 Å². The number of hydrogen-bond donors (Lipinski definition) is 1. The highest BCUT2D eigenvalue weighted by molar-refractivity contribution is 5.95. The van der Waals surface area contributed by atoms with Crippen LogP contribution in [-0.4, -0.2) is 22.3 Å². The molecule has 4 rings (SSSR count). The summed E-state index contributed by atoms with van der Waals surface area (Å²) < 4.78 is 21.4. The normalized spacial score (nSPS) is 15.7. The largest absolute Gasteiger partial charge is 0.493 e. The van der Waals surface area contributed by atoms with Gasteiger partial charge in [0.15, 0.2) is 0 Å². The van der Waals surface area contributed by atoms with Crippen molar-refractivity contribution in [2.75, 3.05) is 11.9 Å². The van der Waals surface area contributed by atoms with Crippen molar-refractivity contribution in [1.29, 1.82) is 0 Å². The first-order valence-electron chi connectivity index (χ1n) is 9.95. The maximum Gasteiger partial charge on any atom is 0.226 e. The number of halogens is 1. The highest BCUT2D eigenvalue weighted by atomic mass is 19.1. The summed E-state index contributed by atoms with van der Waals surface area (Å²) in [5.41, 5.74) is 3.29. The van der Waals surface area contributed by atoms with Gasteiger partial charge in [0.25, 0.3) is 0 Å². The quantitative estimate of drug-likeness (QED) is 0.602. The molecule has 29 heavy (non-hydrogen) atoms. The van der Waals surface area contributed by atoms with Gasteiger partial charge in [0.1, 0.15) is 17.4 Å². The molecule has 6 heteroatoms. The van der Waals surface area contributed by atoms with E-state index in [4.69, 9.17) is 4.74 Å². The zero-order valence-corrected chi connectivity index (χ0v) is 16.6. The molecule has 2 aromatic carbocycles. The molecular weight excluding hydrogens is 369 g/mol. The van der Waals surface area contributed by atoms with Gasteiger partial charge >= 0.3 is 0 Å². The second-order valence-corrected chi connectivity index (χ2v) is 7.28. The van der Waals surface area contributed by atoms with Gasteiger partial charge in [-0.3, -0.25) is 4.79 Å². The van der Waals surface area contributed by atoms with Gasteiger partial charge in [-0.2, -0.15) is 5.10 Å². The molecule has 0 saturated heterocycles. The van der Waals surface area contributed by atoms with Crippen molar-refractivity contribution < 1.29 is 13.9 Å². The second-order valence-electron chi connectivity index (χ2n) is 7.28. The van der Waals surface area contributed by atoms with Crippen LogP contribution in [0.25, 0.3) is 5.69 Å². The lowest BCUT2D eigenvalue weighted by Gasteiger charge is -2.26. The van der Waals surface area contributed by atoms with Crippen LogP contribution in [-0.2, 0) is 4.79 Å². The summed E-state index contributed by atoms with van der Waals surface area (Å²) in [6, 6.07) is 14.1. The average molecular weight is 393 g/mol. The summed E-state index contributed by atoms with van der Waals surface area (Å²) in [6.45, 7) is 4.68. The Morgan fingerprint density at radius 2 is 2.07 bits per heavy atom. The van der Waals surface area contributed by atoms with Gasteiger partial charge in [-0.1, -0.05) is 37.6 Å². The van der Waals surface area contributed by atoms with E-state index in [0.717, 1.165) is 35.4 Å². The average Bonchev–Trinajstić information content (AvgIpc) is 3.04. The number of rotatable bonds is 6. The van der Waals surface area contributed by atoms with Crippen molar-refractivity contribution in [3.05, 3.63) is 71.2 Å². The Morgan fingerprint density at radius 1 is 1.24 bits per heavy atom. The van der Waals surface area contributed by atoms with E-state index in [-0.39, 0.29) is 17.6 Å². The predicted octanol–water partition coefficient (Wildman–Crippen LogP) is 4.97. The number of nitrogens with one attached hydrogen (secondary N) is 1. The van der Waals surface area contributed by atoms with Gasteiger partial charge in [0.05, 0.1) is 18.0 Å². The van der Waals surface area contributed by atoms with Gasteiger partial charge in [0, 0.05) is 23.5 Å².